The number of nitrogens with zero attached hydrogens (tertiary/aromatic N) is 3. The van der Waals surface area contributed by atoms with Gasteiger partial charge in [0.2, 0.25) is 0 Å². The topological polar surface area (TPSA) is 117 Å². The van der Waals surface area contributed by atoms with Crippen molar-refractivity contribution in [2.45, 2.75) is 132 Å². The fraction of sp³-hybridized carbons (Fsp3) is 0.450. The lowest BCUT2D eigenvalue weighted by Gasteiger charge is -2.19. The molecular weight excluding hydrogens is 1110 g/mol. The van der Waals surface area contributed by atoms with E-state index in [2.05, 4.69) is 51.9 Å². The first-order chi connectivity index (χ1) is 37.0. The third-order valence-corrected chi connectivity index (χ3v) is 18.8. The molecule has 9 nitrogen and oxygen atoms in total. The average molecular weight is 1170 g/mol. The van der Waals surface area contributed by atoms with Gasteiger partial charge in [-0.25, -0.2) is 0 Å². The van der Waals surface area contributed by atoms with E-state index in [9.17, 15) is 0 Å². The van der Waals surface area contributed by atoms with Gasteiger partial charge in [0.1, 0.15) is 34.4 Å². The molecule has 3 unspecified atom stereocenters. The third kappa shape index (κ3) is 11.3. The number of allylic oxidation sites excluding steroid dienone is 3. The second-order valence-electron chi connectivity index (χ2n) is 22.0. The molecule has 6 fully saturated rings. The van der Waals surface area contributed by atoms with Crippen LogP contribution in [0.15, 0.2) is 105 Å². The van der Waals surface area contributed by atoms with Gasteiger partial charge in [0.05, 0.1) is 67.5 Å². The van der Waals surface area contributed by atoms with Gasteiger partial charge in [-0.3, -0.25) is 0 Å². The smallest absolute Gasteiger partial charge is 0.145 e. The van der Waals surface area contributed by atoms with Gasteiger partial charge in [-0.05, 0) is 131 Å². The summed E-state index contributed by atoms with van der Waals surface area (Å²) >= 11 is 44.0. The minimum atomic E-state index is -0.00926. The highest BCUT2D eigenvalue weighted by molar-refractivity contribution is 6.40. The lowest BCUT2D eigenvalue weighted by molar-refractivity contribution is 0.0239. The molecule has 9 aliphatic carbocycles. The number of ether oxygens (including phenoxy) is 2. The van der Waals surface area contributed by atoms with Crippen molar-refractivity contribution in [3.8, 4) is 33.8 Å². The molecule has 15 rings (SSSR count). The molecule has 0 radical (unpaired) electrons. The lowest BCUT2D eigenvalue weighted by Crippen LogP contribution is -2.18. The third-order valence-electron chi connectivity index (χ3n) is 16.6. The van der Waals surface area contributed by atoms with Crippen molar-refractivity contribution >= 4 is 81.2 Å². The zero-order valence-electron chi connectivity index (χ0n) is 41.7. The highest BCUT2D eigenvalue weighted by atomic mass is 35.5. The summed E-state index contributed by atoms with van der Waals surface area (Å²) in [4.78, 5) is 0. The summed E-state index contributed by atoms with van der Waals surface area (Å²) in [7, 11) is 0. The van der Waals surface area contributed by atoms with E-state index in [0.29, 0.717) is 120 Å². The van der Waals surface area contributed by atoms with Gasteiger partial charge >= 0.3 is 0 Å². The van der Waals surface area contributed by atoms with Gasteiger partial charge in [-0.2, -0.15) is 0 Å². The van der Waals surface area contributed by atoms with Gasteiger partial charge < -0.3 is 28.1 Å². The zero-order chi connectivity index (χ0) is 52.2. The quantitative estimate of drug-likeness (QED) is 0.0891. The van der Waals surface area contributed by atoms with Gasteiger partial charge in [0.25, 0.3) is 0 Å². The number of hydrogen-bond acceptors (Lipinski definition) is 9. The van der Waals surface area contributed by atoms with Crippen LogP contribution in [0.2, 0.25) is 30.1 Å². The molecule has 76 heavy (non-hydrogen) atoms. The van der Waals surface area contributed by atoms with E-state index < -0.39 is 0 Å². The van der Waals surface area contributed by atoms with Gasteiger partial charge in [0, 0.05) is 68.9 Å². The summed E-state index contributed by atoms with van der Waals surface area (Å²) < 4.78 is 29.4. The van der Waals surface area contributed by atoms with E-state index in [0.717, 1.165) is 120 Å². The molecule has 0 spiro atoms. The second-order valence-corrected chi connectivity index (χ2v) is 24.7. The monoisotopic (exact) mass is 1160 g/mol. The van der Waals surface area contributed by atoms with E-state index in [1.165, 1.54) is 19.3 Å². The van der Waals surface area contributed by atoms with Crippen LogP contribution in [0.25, 0.3) is 33.8 Å². The van der Waals surface area contributed by atoms with Crippen LogP contribution < -0.4 is 0 Å². The number of fused-ring (bicyclic) bond motifs is 6. The van der Waals surface area contributed by atoms with Crippen LogP contribution in [0.5, 0.6) is 0 Å². The van der Waals surface area contributed by atoms with Crippen molar-refractivity contribution in [3.05, 3.63) is 155 Å². The predicted octanol–water partition coefficient (Wildman–Crippen LogP) is 18.2. The van der Waals surface area contributed by atoms with E-state index in [1.807, 2.05) is 36.4 Å². The van der Waals surface area contributed by atoms with Crippen molar-refractivity contribution in [1.82, 2.24) is 15.5 Å². The standard InChI is InChI=1S/2C20H19Cl2NO2.C13H10Cl3NO.C7H10O/c2*21-15-2-1-3-16(22)18(15)19-14(20(25-23-19)12-6-7-12)10-24-17-9-11-4-5-13(17)8-11;14-6-8-12(17-18-13(8)7-4-5-7)11-9(15)2-1-3-10(11)16;8-7-4-5-1-2-6(7)3-5/h2*1-5,11-13,17H,6-10H2;1-3,7H,4-6H2;1-2,5-8H,3-4H2/t11-,13+,17+;11-,13+,17-;;/m00../s1. The maximum atomic E-state index is 9.17. The van der Waals surface area contributed by atoms with Crippen LogP contribution in [0.3, 0.4) is 0 Å². The molecule has 9 atom stereocenters. The number of halogens is 7. The average Bonchev–Trinajstić information content (AvgIpc) is 4.20. The van der Waals surface area contributed by atoms with Crippen molar-refractivity contribution in [2.75, 3.05) is 0 Å². The zero-order valence-corrected chi connectivity index (χ0v) is 47.0. The Morgan fingerprint density at radius 1 is 0.434 bits per heavy atom. The fourth-order valence-corrected chi connectivity index (χ4v) is 14.1. The van der Waals surface area contributed by atoms with E-state index in [1.54, 1.807) is 18.2 Å². The molecule has 1 N–H and O–H groups in total. The molecule has 6 saturated carbocycles. The van der Waals surface area contributed by atoms with Crippen LogP contribution in [0.4, 0.5) is 0 Å². The fourth-order valence-electron chi connectivity index (χ4n) is 12.1. The van der Waals surface area contributed by atoms with Gasteiger partial charge in [-0.1, -0.05) is 140 Å². The van der Waals surface area contributed by atoms with Crippen molar-refractivity contribution in [1.29, 1.82) is 0 Å². The minimum Gasteiger partial charge on any atom is -0.392 e. The van der Waals surface area contributed by atoms with Crippen molar-refractivity contribution in [2.24, 2.45) is 35.5 Å². The Morgan fingerprint density at radius 3 is 1.03 bits per heavy atom. The van der Waals surface area contributed by atoms with Crippen LogP contribution in [0.1, 0.15) is 129 Å². The van der Waals surface area contributed by atoms with Gasteiger partial charge in [-0.15, -0.1) is 11.6 Å². The summed E-state index contributed by atoms with van der Waals surface area (Å²) in [6, 6.07) is 16.4. The first-order valence-corrected chi connectivity index (χ1v) is 29.6. The summed E-state index contributed by atoms with van der Waals surface area (Å²) in [6.45, 7) is 1.02. The van der Waals surface area contributed by atoms with Crippen molar-refractivity contribution in [3.63, 3.8) is 0 Å². The van der Waals surface area contributed by atoms with E-state index >= 15 is 0 Å². The maximum Gasteiger partial charge on any atom is 0.145 e. The number of aromatic nitrogens is 3. The van der Waals surface area contributed by atoms with E-state index in [4.69, 9.17) is 109 Å². The molecular formula is C60H58Cl7N3O6. The Bertz CT molecular complexity index is 2970. The molecule has 0 saturated heterocycles. The molecule has 3 heterocycles. The summed E-state index contributed by atoms with van der Waals surface area (Å²) in [5, 5.41) is 25.4. The Kier molecular flexibility index (Phi) is 16.0. The van der Waals surface area contributed by atoms with Crippen LogP contribution in [-0.2, 0) is 28.6 Å². The maximum absolute atomic E-state index is 9.17. The first-order valence-electron chi connectivity index (χ1n) is 26.8. The number of alkyl halides is 1. The summed E-state index contributed by atoms with van der Waals surface area (Å²) in [6.07, 6.45) is 28.0. The molecule has 6 bridgehead atoms. The van der Waals surface area contributed by atoms with E-state index in [-0.39, 0.29) is 6.10 Å². The molecule has 9 aliphatic rings. The van der Waals surface area contributed by atoms with Crippen LogP contribution in [0, 0.1) is 35.5 Å². The normalized spacial score (nSPS) is 26.9. The van der Waals surface area contributed by atoms with Crippen molar-refractivity contribution < 1.29 is 28.1 Å². The second kappa shape index (κ2) is 22.9. The highest BCUT2D eigenvalue weighted by Gasteiger charge is 2.41. The number of benzene rings is 3. The summed E-state index contributed by atoms with van der Waals surface area (Å²) in [5.74, 6) is 8.24. The molecule has 3 aromatic heterocycles. The van der Waals surface area contributed by atoms with Crippen LogP contribution in [-0.4, -0.2) is 38.9 Å². The molecule has 398 valence electrons. The first kappa shape index (κ1) is 53.1. The number of hydrogen-bond donors (Lipinski definition) is 1. The molecule has 3 aromatic carbocycles. The van der Waals surface area contributed by atoms with Gasteiger partial charge in [0.15, 0.2) is 0 Å². The minimum absolute atomic E-state index is 0.00926. The molecule has 16 heteroatoms. The number of aliphatic hydroxyl groups is 1. The predicted molar refractivity (Wildman–Crippen MR) is 301 cm³/mol. The Morgan fingerprint density at radius 2 is 0.763 bits per heavy atom. The Balaban J connectivity index is 0.000000108. The molecule has 0 amide bonds. The SMILES string of the molecule is ClCc1c(-c2c(Cl)cccc2Cl)noc1C1CC1.Clc1cccc(Cl)c1-c1noc(C2CC2)c1CO[C@@H]1C[C@H]2C=C[C@@H]1C2.Clc1cccc(Cl)c1-c1noc(C2CC2)c1CO[C@H]1C[C@H]2C=C[C@@H]1C2.OC1CC2C=CC1C2. The summed E-state index contributed by atoms with van der Waals surface area (Å²) in [5.41, 5.74) is 7.27. The number of rotatable bonds is 13. The number of aliphatic hydroxyl groups excluding tert-OH is 1. The lowest BCUT2D eigenvalue weighted by atomic mass is 10.0. The molecule has 6 aromatic rings. The van der Waals surface area contributed by atoms with Crippen LogP contribution >= 0.6 is 81.2 Å². The Hall–Kier alpha value is -3.58. The largest absolute Gasteiger partial charge is 0.392 e. The molecule has 0 aliphatic heterocycles. The highest BCUT2D eigenvalue weighted by Crippen LogP contribution is 2.51. The Labute approximate surface area is 478 Å².